The fourth-order valence-electron chi connectivity index (χ4n) is 2.76. The van der Waals surface area contributed by atoms with Gasteiger partial charge in [0.05, 0.1) is 16.8 Å². The molecule has 0 bridgehead atoms. The van der Waals surface area contributed by atoms with Crippen molar-refractivity contribution in [3.05, 3.63) is 72.3 Å². The van der Waals surface area contributed by atoms with E-state index in [0.29, 0.717) is 4.31 Å². The van der Waals surface area contributed by atoms with Crippen LogP contribution in [0.4, 0.5) is 5.69 Å². The minimum absolute atomic E-state index is 0.0273. The van der Waals surface area contributed by atoms with Gasteiger partial charge in [-0.05, 0) is 24.3 Å². The monoisotopic (exact) mass is 399 g/mol. The Morgan fingerprint density at radius 1 is 1.07 bits per heavy atom. The minimum Gasteiger partial charge on any atom is -0.349 e. The largest absolute Gasteiger partial charge is 0.349 e. The number of amides is 3. The van der Waals surface area contributed by atoms with Gasteiger partial charge in [-0.15, -0.1) is 6.58 Å². The zero-order chi connectivity index (χ0) is 20.3. The minimum atomic E-state index is -4.09. The van der Waals surface area contributed by atoms with E-state index in [1.54, 1.807) is 18.2 Å². The third kappa shape index (κ3) is 3.52. The van der Waals surface area contributed by atoms with Crippen molar-refractivity contribution < 1.29 is 22.8 Å². The number of rotatable bonds is 6. The number of para-hydroxylation sites is 1. The van der Waals surface area contributed by atoms with Crippen LogP contribution in [0.3, 0.4) is 0 Å². The van der Waals surface area contributed by atoms with Gasteiger partial charge >= 0.3 is 0 Å². The topological polar surface area (TPSA) is 113 Å². The van der Waals surface area contributed by atoms with Gasteiger partial charge in [0, 0.05) is 6.54 Å². The number of benzene rings is 2. The molecule has 8 nitrogen and oxygen atoms in total. The van der Waals surface area contributed by atoms with Crippen LogP contribution in [0.2, 0.25) is 0 Å². The third-order valence-electron chi connectivity index (χ3n) is 4.05. The molecule has 3 amide bonds. The molecule has 0 aromatic heterocycles. The second kappa shape index (κ2) is 7.65. The fourth-order valence-corrected chi connectivity index (χ4v) is 4.28. The van der Waals surface area contributed by atoms with Crippen LogP contribution in [0, 0.1) is 0 Å². The maximum absolute atomic E-state index is 12.5. The van der Waals surface area contributed by atoms with Crippen LogP contribution in [0.5, 0.6) is 0 Å². The summed E-state index contributed by atoms with van der Waals surface area (Å²) >= 11 is 0. The van der Waals surface area contributed by atoms with E-state index in [1.807, 2.05) is 0 Å². The summed E-state index contributed by atoms with van der Waals surface area (Å²) in [4.78, 5) is 36.9. The molecule has 0 radical (unpaired) electrons. The molecule has 0 fully saturated rings. The highest BCUT2D eigenvalue weighted by Gasteiger charge is 2.41. The summed E-state index contributed by atoms with van der Waals surface area (Å²) < 4.78 is 25.6. The Morgan fingerprint density at radius 3 is 2.46 bits per heavy atom. The lowest BCUT2D eigenvalue weighted by atomic mass is 10.1. The number of nitrogens with one attached hydrogen (secondary N) is 2. The van der Waals surface area contributed by atoms with Gasteiger partial charge in [-0.2, -0.15) is 0 Å². The normalized spacial score (nSPS) is 14.3. The molecule has 2 aromatic carbocycles. The summed E-state index contributed by atoms with van der Waals surface area (Å²) in [6.07, 6.45) is 1.51. The quantitative estimate of drug-likeness (QED) is 0.713. The molecule has 0 spiro atoms. The van der Waals surface area contributed by atoms with Gasteiger partial charge in [0.25, 0.3) is 21.8 Å². The van der Waals surface area contributed by atoms with Crippen LogP contribution in [0.25, 0.3) is 0 Å². The third-order valence-corrected chi connectivity index (χ3v) is 5.84. The molecule has 9 heteroatoms. The van der Waals surface area contributed by atoms with E-state index < -0.39 is 34.3 Å². The molecule has 0 unspecified atom stereocenters. The molecule has 0 saturated carbocycles. The molecule has 1 heterocycles. The Morgan fingerprint density at radius 2 is 1.75 bits per heavy atom. The molecule has 2 N–H and O–H groups in total. The van der Waals surface area contributed by atoms with E-state index in [2.05, 4.69) is 17.2 Å². The van der Waals surface area contributed by atoms with E-state index in [1.165, 1.54) is 36.4 Å². The molecular weight excluding hydrogens is 382 g/mol. The lowest BCUT2D eigenvalue weighted by molar-refractivity contribution is -0.116. The van der Waals surface area contributed by atoms with Crippen molar-refractivity contribution in [3.63, 3.8) is 0 Å². The van der Waals surface area contributed by atoms with Crippen LogP contribution in [0.15, 0.2) is 66.1 Å². The smallest absolute Gasteiger partial charge is 0.269 e. The average Bonchev–Trinajstić information content (AvgIpc) is 2.87. The number of hydrogen-bond donors (Lipinski definition) is 2. The first-order chi connectivity index (χ1) is 13.4. The van der Waals surface area contributed by atoms with Crippen molar-refractivity contribution >= 4 is 33.4 Å². The summed E-state index contributed by atoms with van der Waals surface area (Å²) in [5.41, 5.74) is 0.437. The SMILES string of the molecule is C=CCNC(=O)c1ccccc1NC(=O)CN1C(=O)c2ccccc2S1(=O)=O. The summed E-state index contributed by atoms with van der Waals surface area (Å²) in [5, 5.41) is 5.09. The number of hydrogen-bond acceptors (Lipinski definition) is 5. The first-order valence-corrected chi connectivity index (χ1v) is 9.74. The van der Waals surface area contributed by atoms with Crippen molar-refractivity contribution in [2.75, 3.05) is 18.4 Å². The van der Waals surface area contributed by atoms with Crippen molar-refractivity contribution in [3.8, 4) is 0 Å². The molecular formula is C19H17N3O5S. The highest BCUT2D eigenvalue weighted by Crippen LogP contribution is 2.29. The van der Waals surface area contributed by atoms with E-state index in [4.69, 9.17) is 0 Å². The van der Waals surface area contributed by atoms with Gasteiger partial charge in [0.15, 0.2) is 0 Å². The zero-order valence-corrected chi connectivity index (χ0v) is 15.5. The van der Waals surface area contributed by atoms with Crippen molar-refractivity contribution in [2.24, 2.45) is 0 Å². The Bertz CT molecular complexity index is 1080. The molecule has 1 aliphatic heterocycles. The lowest BCUT2D eigenvalue weighted by Gasteiger charge is -2.16. The Hall–Kier alpha value is -3.46. The van der Waals surface area contributed by atoms with Crippen molar-refractivity contribution in [1.29, 1.82) is 0 Å². The van der Waals surface area contributed by atoms with Crippen molar-refractivity contribution in [1.82, 2.24) is 9.62 Å². The van der Waals surface area contributed by atoms with E-state index >= 15 is 0 Å². The highest BCUT2D eigenvalue weighted by atomic mass is 32.2. The molecule has 144 valence electrons. The lowest BCUT2D eigenvalue weighted by Crippen LogP contribution is -2.37. The van der Waals surface area contributed by atoms with Gasteiger partial charge in [-0.25, -0.2) is 12.7 Å². The standard InChI is InChI=1S/C19H17N3O5S/c1-2-11-20-18(24)13-7-3-5-9-15(13)21-17(23)12-22-19(25)14-8-4-6-10-16(14)28(22,26)27/h2-10H,1,11-12H2,(H,20,24)(H,21,23). The summed E-state index contributed by atoms with van der Waals surface area (Å²) in [6, 6.07) is 12.0. The number of sulfonamides is 1. The number of nitrogens with zero attached hydrogens (tertiary/aromatic N) is 1. The van der Waals surface area contributed by atoms with Crippen LogP contribution in [0.1, 0.15) is 20.7 Å². The summed E-state index contributed by atoms with van der Waals surface area (Å²) in [7, 11) is -4.09. The molecule has 28 heavy (non-hydrogen) atoms. The van der Waals surface area contributed by atoms with Gasteiger partial charge in [0.2, 0.25) is 5.91 Å². The Kier molecular flexibility index (Phi) is 5.27. The number of anilines is 1. The van der Waals surface area contributed by atoms with Crippen LogP contribution in [-0.4, -0.2) is 43.5 Å². The maximum atomic E-state index is 12.5. The van der Waals surface area contributed by atoms with Crippen LogP contribution >= 0.6 is 0 Å². The Labute approximate surface area is 161 Å². The van der Waals surface area contributed by atoms with Crippen LogP contribution in [-0.2, 0) is 14.8 Å². The first-order valence-electron chi connectivity index (χ1n) is 8.30. The van der Waals surface area contributed by atoms with Gasteiger partial charge in [-0.3, -0.25) is 14.4 Å². The molecule has 0 atom stereocenters. The second-order valence-corrected chi connectivity index (χ2v) is 7.74. The van der Waals surface area contributed by atoms with Crippen molar-refractivity contribution in [2.45, 2.75) is 4.90 Å². The van der Waals surface area contributed by atoms with Gasteiger partial charge in [0.1, 0.15) is 11.4 Å². The molecule has 1 aliphatic rings. The predicted molar refractivity (Wildman–Crippen MR) is 102 cm³/mol. The molecule has 0 aliphatic carbocycles. The zero-order valence-electron chi connectivity index (χ0n) is 14.7. The van der Waals surface area contributed by atoms with Gasteiger partial charge in [-0.1, -0.05) is 30.3 Å². The van der Waals surface area contributed by atoms with E-state index in [-0.39, 0.29) is 28.3 Å². The van der Waals surface area contributed by atoms with Crippen LogP contribution < -0.4 is 10.6 Å². The number of fused-ring (bicyclic) bond motifs is 1. The van der Waals surface area contributed by atoms with E-state index in [0.717, 1.165) is 0 Å². The Balaban J connectivity index is 1.78. The first kappa shape index (κ1) is 19.3. The molecule has 2 aromatic rings. The summed E-state index contributed by atoms with van der Waals surface area (Å²) in [5.74, 6) is -1.93. The maximum Gasteiger partial charge on any atom is 0.269 e. The molecule has 3 rings (SSSR count). The highest BCUT2D eigenvalue weighted by molar-refractivity contribution is 7.90. The van der Waals surface area contributed by atoms with E-state index in [9.17, 15) is 22.8 Å². The second-order valence-electron chi connectivity index (χ2n) is 5.91. The average molecular weight is 399 g/mol. The number of carbonyl (C=O) groups is 3. The summed E-state index contributed by atoms with van der Waals surface area (Å²) in [6.45, 7) is 3.07. The van der Waals surface area contributed by atoms with Gasteiger partial charge < -0.3 is 10.6 Å². The molecule has 0 saturated heterocycles. The fraction of sp³-hybridized carbons (Fsp3) is 0.105. The predicted octanol–water partition coefficient (Wildman–Crippen LogP) is 1.39. The number of carbonyl (C=O) groups excluding carboxylic acids is 3.